The van der Waals surface area contributed by atoms with Gasteiger partial charge in [-0.15, -0.1) is 0 Å². The number of hydrogen-bond acceptors (Lipinski definition) is 4. The quantitative estimate of drug-likeness (QED) is 0.485. The summed E-state index contributed by atoms with van der Waals surface area (Å²) in [6.45, 7) is 9.23. The van der Waals surface area contributed by atoms with E-state index in [0.717, 1.165) is 19.4 Å². The van der Waals surface area contributed by atoms with E-state index in [1.165, 1.54) is 17.9 Å². The number of esters is 1. The lowest BCUT2D eigenvalue weighted by molar-refractivity contribution is -0.150. The van der Waals surface area contributed by atoms with Gasteiger partial charge in [0.2, 0.25) is 0 Å². The predicted molar refractivity (Wildman–Crippen MR) is 75.6 cm³/mol. The van der Waals surface area contributed by atoms with Crippen molar-refractivity contribution in [3.05, 3.63) is 0 Å². The number of ether oxygens (including phenoxy) is 1. The summed E-state index contributed by atoms with van der Waals surface area (Å²) in [5, 5.41) is 3.25. The molecule has 0 radical (unpaired) electrons. The van der Waals surface area contributed by atoms with E-state index in [0.29, 0.717) is 6.61 Å². The van der Waals surface area contributed by atoms with Gasteiger partial charge in [0.15, 0.2) is 0 Å². The summed E-state index contributed by atoms with van der Waals surface area (Å²) >= 11 is 1.95. The maximum Gasteiger partial charge on any atom is 0.326 e. The highest BCUT2D eigenvalue weighted by Gasteiger charge is 2.32. The number of carbonyl (C=O) groups excluding carboxylic acids is 1. The highest BCUT2D eigenvalue weighted by Crippen LogP contribution is 2.17. The molecule has 0 aromatic carbocycles. The van der Waals surface area contributed by atoms with Gasteiger partial charge in [-0.1, -0.05) is 20.3 Å². The van der Waals surface area contributed by atoms with Crippen LogP contribution in [0, 0.1) is 0 Å². The number of nitrogens with one attached hydrogen (secondary N) is 1. The Morgan fingerprint density at radius 3 is 2.53 bits per heavy atom. The normalized spacial score (nSPS) is 14.4. The number of rotatable bonds is 10. The first-order valence-electron chi connectivity index (χ1n) is 6.60. The zero-order valence-electron chi connectivity index (χ0n) is 11.7. The molecule has 0 saturated carbocycles. The minimum absolute atomic E-state index is 0.120. The molecule has 0 aliphatic heterocycles. The van der Waals surface area contributed by atoms with E-state index in [9.17, 15) is 4.79 Å². The van der Waals surface area contributed by atoms with Gasteiger partial charge in [-0.05, 0) is 44.7 Å². The minimum Gasteiger partial charge on any atom is -0.465 e. The second kappa shape index (κ2) is 9.77. The molecule has 17 heavy (non-hydrogen) atoms. The molecule has 0 heterocycles. The van der Waals surface area contributed by atoms with Crippen LogP contribution < -0.4 is 5.32 Å². The SMILES string of the molecule is CCNC(C)(CCCCSCC)C(=O)OCC. The van der Waals surface area contributed by atoms with Crippen LogP contribution in [0.25, 0.3) is 0 Å². The molecule has 0 aliphatic carbocycles. The van der Waals surface area contributed by atoms with E-state index in [1.807, 2.05) is 32.5 Å². The van der Waals surface area contributed by atoms with E-state index in [1.54, 1.807) is 0 Å². The molecular formula is C13H27NO2S. The molecule has 3 nitrogen and oxygen atoms in total. The average Bonchev–Trinajstić information content (AvgIpc) is 2.29. The van der Waals surface area contributed by atoms with Crippen molar-refractivity contribution < 1.29 is 9.53 Å². The van der Waals surface area contributed by atoms with Crippen LogP contribution in [0.1, 0.15) is 47.0 Å². The second-order valence-electron chi connectivity index (χ2n) is 4.24. The van der Waals surface area contributed by atoms with Crippen molar-refractivity contribution in [1.82, 2.24) is 5.32 Å². The minimum atomic E-state index is -0.512. The lowest BCUT2D eigenvalue weighted by Crippen LogP contribution is -2.50. The van der Waals surface area contributed by atoms with Gasteiger partial charge < -0.3 is 10.1 Å². The molecule has 1 atom stereocenters. The molecule has 0 rings (SSSR count). The summed E-state index contributed by atoms with van der Waals surface area (Å²) in [5.41, 5.74) is -0.512. The maximum absolute atomic E-state index is 11.9. The average molecular weight is 261 g/mol. The van der Waals surface area contributed by atoms with Crippen LogP contribution in [-0.4, -0.2) is 36.2 Å². The zero-order valence-corrected chi connectivity index (χ0v) is 12.5. The molecule has 0 aliphatic rings. The van der Waals surface area contributed by atoms with Gasteiger partial charge in [-0.2, -0.15) is 11.8 Å². The van der Waals surface area contributed by atoms with Gasteiger partial charge in [0.25, 0.3) is 0 Å². The van der Waals surface area contributed by atoms with Gasteiger partial charge in [0.05, 0.1) is 6.61 Å². The lowest BCUT2D eigenvalue weighted by Gasteiger charge is -2.28. The molecule has 0 aromatic rings. The van der Waals surface area contributed by atoms with Crippen LogP contribution in [0.3, 0.4) is 0 Å². The van der Waals surface area contributed by atoms with Gasteiger partial charge in [0.1, 0.15) is 5.54 Å². The summed E-state index contributed by atoms with van der Waals surface area (Å²) < 4.78 is 5.13. The topological polar surface area (TPSA) is 38.3 Å². The third kappa shape index (κ3) is 6.94. The summed E-state index contributed by atoms with van der Waals surface area (Å²) in [6.07, 6.45) is 3.08. The van der Waals surface area contributed by atoms with E-state index < -0.39 is 5.54 Å². The number of likely N-dealkylation sites (N-methyl/N-ethyl adjacent to an activating group) is 1. The van der Waals surface area contributed by atoms with E-state index in [4.69, 9.17) is 4.74 Å². The number of hydrogen-bond donors (Lipinski definition) is 1. The number of carbonyl (C=O) groups is 1. The Labute approximate surface area is 110 Å². The molecule has 0 spiro atoms. The van der Waals surface area contributed by atoms with Crippen molar-refractivity contribution in [3.8, 4) is 0 Å². The van der Waals surface area contributed by atoms with Crippen LogP contribution in [0.2, 0.25) is 0 Å². The lowest BCUT2D eigenvalue weighted by atomic mass is 9.95. The first-order valence-corrected chi connectivity index (χ1v) is 7.76. The Balaban J connectivity index is 4.07. The summed E-state index contributed by atoms with van der Waals surface area (Å²) in [6, 6.07) is 0. The number of unbranched alkanes of at least 4 members (excludes halogenated alkanes) is 1. The monoisotopic (exact) mass is 261 g/mol. The molecular weight excluding hydrogens is 234 g/mol. The van der Waals surface area contributed by atoms with Crippen molar-refractivity contribution in [2.24, 2.45) is 0 Å². The fourth-order valence-corrected chi connectivity index (χ4v) is 2.47. The Bertz CT molecular complexity index is 212. The third-order valence-corrected chi connectivity index (χ3v) is 3.70. The molecule has 0 fully saturated rings. The fraction of sp³-hybridized carbons (Fsp3) is 0.923. The summed E-state index contributed by atoms with van der Waals surface area (Å²) in [7, 11) is 0. The molecule has 1 N–H and O–H groups in total. The Morgan fingerprint density at radius 2 is 2.00 bits per heavy atom. The molecule has 0 amide bonds. The van der Waals surface area contributed by atoms with Crippen molar-refractivity contribution in [2.75, 3.05) is 24.7 Å². The molecule has 4 heteroatoms. The molecule has 0 saturated heterocycles. The number of thioether (sulfide) groups is 1. The summed E-state index contributed by atoms with van der Waals surface area (Å²) in [4.78, 5) is 11.9. The zero-order chi connectivity index (χ0) is 13.1. The molecule has 0 aromatic heterocycles. The van der Waals surface area contributed by atoms with Crippen LogP contribution >= 0.6 is 11.8 Å². The van der Waals surface area contributed by atoms with Crippen molar-refractivity contribution in [1.29, 1.82) is 0 Å². The van der Waals surface area contributed by atoms with Gasteiger partial charge in [-0.25, -0.2) is 0 Å². The van der Waals surface area contributed by atoms with Crippen LogP contribution in [-0.2, 0) is 9.53 Å². The summed E-state index contributed by atoms with van der Waals surface area (Å²) in [5.74, 6) is 2.23. The smallest absolute Gasteiger partial charge is 0.326 e. The Morgan fingerprint density at radius 1 is 1.29 bits per heavy atom. The van der Waals surface area contributed by atoms with Gasteiger partial charge in [-0.3, -0.25) is 4.79 Å². The molecule has 1 unspecified atom stereocenters. The van der Waals surface area contributed by atoms with E-state index in [2.05, 4.69) is 12.2 Å². The van der Waals surface area contributed by atoms with E-state index in [-0.39, 0.29) is 5.97 Å². The highest BCUT2D eigenvalue weighted by atomic mass is 32.2. The highest BCUT2D eigenvalue weighted by molar-refractivity contribution is 7.99. The van der Waals surface area contributed by atoms with Crippen LogP contribution in [0.4, 0.5) is 0 Å². The van der Waals surface area contributed by atoms with Gasteiger partial charge in [0, 0.05) is 0 Å². The first-order chi connectivity index (χ1) is 8.10. The maximum atomic E-state index is 11.9. The van der Waals surface area contributed by atoms with Gasteiger partial charge >= 0.3 is 5.97 Å². The predicted octanol–water partition coefficient (Wildman–Crippen LogP) is 2.84. The second-order valence-corrected chi connectivity index (χ2v) is 5.63. The fourth-order valence-electron chi connectivity index (χ4n) is 1.77. The Hall–Kier alpha value is -0.220. The van der Waals surface area contributed by atoms with Crippen LogP contribution in [0.15, 0.2) is 0 Å². The first kappa shape index (κ1) is 16.8. The van der Waals surface area contributed by atoms with Crippen molar-refractivity contribution in [2.45, 2.75) is 52.5 Å². The van der Waals surface area contributed by atoms with Crippen LogP contribution in [0.5, 0.6) is 0 Å². The van der Waals surface area contributed by atoms with Crippen molar-refractivity contribution in [3.63, 3.8) is 0 Å². The standard InChI is InChI=1S/C13H27NO2S/c1-5-14-13(4,12(15)16-6-2)10-8-9-11-17-7-3/h14H,5-11H2,1-4H3. The molecule has 0 bridgehead atoms. The van der Waals surface area contributed by atoms with E-state index >= 15 is 0 Å². The van der Waals surface area contributed by atoms with Crippen molar-refractivity contribution >= 4 is 17.7 Å². The third-order valence-electron chi connectivity index (χ3n) is 2.71. The molecule has 102 valence electrons. The largest absolute Gasteiger partial charge is 0.465 e. The Kier molecular flexibility index (Phi) is 9.65.